The zero-order chi connectivity index (χ0) is 57.3. The summed E-state index contributed by atoms with van der Waals surface area (Å²) in [6.45, 7) is -6.43. The third-order valence-corrected chi connectivity index (χ3v) is 14.5. The van der Waals surface area contributed by atoms with Crippen molar-refractivity contribution in [2.75, 3.05) is 46.2 Å². The standard InChI is InChI=1S/C42H72O36/c43-1-8-15(48)19(52)26(59)37(69-8)66-6-13-16(49)21(54)28(61)40(74-13)78-35-18(51)9(2-44)70-38(31(35)64)67-7-14-17(50)20(53)27(60)39(73-14)76-33-11(4-46)72-42(30(63)23(33)56)77-34-12(5-47)71-41(29(62)24(34)57)75-32-10(3-45)68-36(65)25(58)22(32)55/h8-65H,1-7H2/t8-,9-,10-,11-,12-,13-,14-,15-,16-,17-,18-,19+,20+,21+,22-,23-,24-,25-,26-,27-,28-,29-,30-,31-,32-,33-,34-,35+,36?,37+,38+,39-,40-,41-,42-/m1/s1. The van der Waals surface area contributed by atoms with E-state index in [1.54, 1.807) is 0 Å². The van der Waals surface area contributed by atoms with Gasteiger partial charge in [-0.25, -0.2) is 0 Å². The van der Waals surface area contributed by atoms with E-state index < -0.39 is 261 Å². The van der Waals surface area contributed by atoms with E-state index in [1.807, 2.05) is 0 Å². The number of aliphatic hydroxyl groups is 23. The van der Waals surface area contributed by atoms with Crippen LogP contribution in [0.15, 0.2) is 0 Å². The van der Waals surface area contributed by atoms with Crippen molar-refractivity contribution in [3.8, 4) is 0 Å². The summed E-state index contributed by atoms with van der Waals surface area (Å²) in [6.07, 6.45) is -67.1. The van der Waals surface area contributed by atoms with Crippen molar-refractivity contribution in [3.05, 3.63) is 0 Å². The average Bonchev–Trinajstić information content (AvgIpc) is 3.55. The normalized spacial score (nSPS) is 53.5. The van der Waals surface area contributed by atoms with Gasteiger partial charge in [-0.15, -0.1) is 0 Å². The first kappa shape index (κ1) is 64.1. The van der Waals surface area contributed by atoms with Gasteiger partial charge in [-0.3, -0.25) is 0 Å². The average molecular weight is 1150 g/mol. The summed E-state index contributed by atoms with van der Waals surface area (Å²) in [4.78, 5) is 0. The van der Waals surface area contributed by atoms with Crippen LogP contribution < -0.4 is 0 Å². The van der Waals surface area contributed by atoms with E-state index in [1.165, 1.54) is 0 Å². The fraction of sp³-hybridized carbons (Fsp3) is 1.00. The van der Waals surface area contributed by atoms with Crippen LogP contribution in [0.2, 0.25) is 0 Å². The van der Waals surface area contributed by atoms with Crippen molar-refractivity contribution < 1.29 is 179 Å². The van der Waals surface area contributed by atoms with E-state index in [0.717, 1.165) is 0 Å². The molecular formula is C42H72O36. The fourth-order valence-corrected chi connectivity index (χ4v) is 9.79. The Morgan fingerprint density at radius 2 is 0.487 bits per heavy atom. The molecule has 7 saturated heterocycles. The summed E-state index contributed by atoms with van der Waals surface area (Å²) in [6, 6.07) is 0. The van der Waals surface area contributed by atoms with Gasteiger partial charge in [0.1, 0.15) is 171 Å². The molecule has 7 rings (SSSR count). The Kier molecular flexibility index (Phi) is 22.6. The smallest absolute Gasteiger partial charge is 0.187 e. The van der Waals surface area contributed by atoms with Crippen LogP contribution in [0.1, 0.15) is 0 Å². The van der Waals surface area contributed by atoms with Gasteiger partial charge in [0, 0.05) is 0 Å². The summed E-state index contributed by atoms with van der Waals surface area (Å²) in [5.74, 6) is 0. The van der Waals surface area contributed by atoms with Crippen molar-refractivity contribution in [1.29, 1.82) is 0 Å². The molecule has 36 nitrogen and oxygen atoms in total. The van der Waals surface area contributed by atoms with Gasteiger partial charge in [0.15, 0.2) is 44.0 Å². The molecule has 7 fully saturated rings. The molecule has 23 N–H and O–H groups in total. The largest absolute Gasteiger partial charge is 0.394 e. The lowest BCUT2D eigenvalue weighted by atomic mass is 9.95. The fourth-order valence-electron chi connectivity index (χ4n) is 9.79. The molecule has 0 aromatic heterocycles. The maximum absolute atomic E-state index is 11.4. The molecule has 36 heteroatoms. The van der Waals surface area contributed by atoms with E-state index in [0.29, 0.717) is 0 Å². The first-order valence-electron chi connectivity index (χ1n) is 24.7. The molecule has 0 spiro atoms. The molecule has 78 heavy (non-hydrogen) atoms. The molecule has 7 heterocycles. The SMILES string of the molecule is OC[C@H]1O[C@H](OC[C@H]2O[C@H](O[C@@H]3[C@@H](O)[C@@H](OC[C@H]4O[C@H](O[C@H]5[C@H](O)[C@@H](O)[C@@H](O[C@H]6[C@H](O)[C@@H](O)[C@@H](O[C@H]7[C@H](O)[C@@H](O)C(O)O[C@@H]7CO)O[C@@H]6CO)O[C@@H]5CO)[C@H](O)[C@@H](O)[C@@H]4O)O[C@H](CO)[C@H]3O)[C@H](O)[C@@H](O)[C@@H]2O)[C@H](O)[C@@H](O)[C@@H]1O. The molecule has 456 valence electrons. The highest BCUT2D eigenvalue weighted by molar-refractivity contribution is 5.00. The number of hydrogen-bond donors (Lipinski definition) is 23. The van der Waals surface area contributed by atoms with Gasteiger partial charge in [-0.1, -0.05) is 0 Å². The van der Waals surface area contributed by atoms with Gasteiger partial charge >= 0.3 is 0 Å². The molecular weight excluding hydrogens is 1080 g/mol. The minimum absolute atomic E-state index is 0.784. The first-order valence-corrected chi connectivity index (χ1v) is 24.7. The molecule has 7 aliphatic heterocycles. The van der Waals surface area contributed by atoms with E-state index in [-0.39, 0.29) is 0 Å². The molecule has 1 unspecified atom stereocenters. The maximum Gasteiger partial charge on any atom is 0.187 e. The summed E-state index contributed by atoms with van der Waals surface area (Å²) < 4.78 is 71.7. The number of hydrogen-bond acceptors (Lipinski definition) is 36. The predicted octanol–water partition coefficient (Wildman–Crippen LogP) is -16.3. The molecule has 0 aliphatic carbocycles. The van der Waals surface area contributed by atoms with Gasteiger partial charge in [0.05, 0.1) is 46.2 Å². The van der Waals surface area contributed by atoms with E-state index in [9.17, 15) is 117 Å². The Balaban J connectivity index is 0.961. The topological polar surface area (TPSA) is 585 Å². The summed E-state index contributed by atoms with van der Waals surface area (Å²) in [7, 11) is 0. The van der Waals surface area contributed by atoms with Crippen molar-refractivity contribution in [2.45, 2.75) is 215 Å². The molecule has 0 bridgehead atoms. The van der Waals surface area contributed by atoms with Crippen LogP contribution in [-0.2, 0) is 61.6 Å². The second-order valence-electron chi connectivity index (χ2n) is 19.6. The van der Waals surface area contributed by atoms with Gasteiger partial charge in [0.25, 0.3) is 0 Å². The van der Waals surface area contributed by atoms with Crippen molar-refractivity contribution in [1.82, 2.24) is 0 Å². The summed E-state index contributed by atoms with van der Waals surface area (Å²) in [5.41, 5.74) is 0. The van der Waals surface area contributed by atoms with Crippen LogP contribution in [0, 0.1) is 0 Å². The lowest BCUT2D eigenvalue weighted by molar-refractivity contribution is -0.389. The Morgan fingerprint density at radius 1 is 0.218 bits per heavy atom. The lowest BCUT2D eigenvalue weighted by Crippen LogP contribution is -2.67. The Labute approximate surface area is 439 Å². The number of rotatable bonds is 19. The van der Waals surface area contributed by atoms with Crippen LogP contribution in [0.4, 0.5) is 0 Å². The van der Waals surface area contributed by atoms with Crippen LogP contribution in [-0.4, -0.2) is 379 Å². The van der Waals surface area contributed by atoms with Crippen LogP contribution in [0.25, 0.3) is 0 Å². The zero-order valence-corrected chi connectivity index (χ0v) is 40.8. The van der Waals surface area contributed by atoms with E-state index in [2.05, 4.69) is 0 Å². The van der Waals surface area contributed by atoms with Crippen molar-refractivity contribution in [2.24, 2.45) is 0 Å². The number of ether oxygens (including phenoxy) is 13. The summed E-state index contributed by atoms with van der Waals surface area (Å²) in [5, 5.41) is 242. The molecule has 0 aromatic carbocycles. The second kappa shape index (κ2) is 27.5. The molecule has 0 saturated carbocycles. The monoisotopic (exact) mass is 1150 g/mol. The van der Waals surface area contributed by atoms with Crippen LogP contribution >= 0.6 is 0 Å². The van der Waals surface area contributed by atoms with Gasteiger partial charge in [-0.2, -0.15) is 0 Å². The molecule has 7 aliphatic rings. The number of aliphatic hydroxyl groups excluding tert-OH is 23. The van der Waals surface area contributed by atoms with Gasteiger partial charge < -0.3 is 179 Å². The Bertz CT molecular complexity index is 1810. The highest BCUT2D eigenvalue weighted by Gasteiger charge is 2.57. The van der Waals surface area contributed by atoms with Crippen molar-refractivity contribution in [3.63, 3.8) is 0 Å². The molecule has 0 aromatic rings. The molecule has 35 atom stereocenters. The third kappa shape index (κ3) is 13.2. The minimum Gasteiger partial charge on any atom is -0.394 e. The second-order valence-corrected chi connectivity index (χ2v) is 19.6. The predicted molar refractivity (Wildman–Crippen MR) is 232 cm³/mol. The quantitative estimate of drug-likeness (QED) is 0.0571. The summed E-state index contributed by atoms with van der Waals surface area (Å²) >= 11 is 0. The van der Waals surface area contributed by atoms with E-state index >= 15 is 0 Å². The van der Waals surface area contributed by atoms with Crippen LogP contribution in [0.3, 0.4) is 0 Å². The molecule has 0 amide bonds. The Morgan fingerprint density at radius 3 is 0.872 bits per heavy atom. The van der Waals surface area contributed by atoms with Gasteiger partial charge in [0.2, 0.25) is 0 Å². The molecule has 0 radical (unpaired) electrons. The van der Waals surface area contributed by atoms with E-state index in [4.69, 9.17) is 61.6 Å². The first-order chi connectivity index (χ1) is 36.9. The van der Waals surface area contributed by atoms with Crippen LogP contribution in [0.5, 0.6) is 0 Å². The van der Waals surface area contributed by atoms with Crippen molar-refractivity contribution >= 4 is 0 Å². The maximum atomic E-state index is 11.4. The highest BCUT2D eigenvalue weighted by atomic mass is 16.8. The highest BCUT2D eigenvalue weighted by Crippen LogP contribution is 2.36. The zero-order valence-electron chi connectivity index (χ0n) is 40.8. The van der Waals surface area contributed by atoms with Gasteiger partial charge in [-0.05, 0) is 0 Å². The minimum atomic E-state index is -2.21. The third-order valence-electron chi connectivity index (χ3n) is 14.5. The Hall–Kier alpha value is -1.44. The lowest BCUT2D eigenvalue weighted by Gasteiger charge is -2.49.